The minimum Gasteiger partial charge on any atom is -0.493 e. The number of esters is 1. The fourth-order valence-corrected chi connectivity index (χ4v) is 2.78. The molecular formula is C20H20N2O5. The van der Waals surface area contributed by atoms with Crippen LogP contribution in [-0.4, -0.2) is 32.3 Å². The van der Waals surface area contributed by atoms with E-state index in [1.54, 1.807) is 30.3 Å². The summed E-state index contributed by atoms with van der Waals surface area (Å²) >= 11 is 0. The van der Waals surface area contributed by atoms with E-state index in [1.165, 1.54) is 21.3 Å². The van der Waals surface area contributed by atoms with Crippen molar-refractivity contribution < 1.29 is 23.7 Å². The van der Waals surface area contributed by atoms with E-state index in [9.17, 15) is 4.79 Å². The van der Waals surface area contributed by atoms with Crippen molar-refractivity contribution in [3.8, 4) is 23.0 Å². The van der Waals surface area contributed by atoms with Crippen LogP contribution in [-0.2, 0) is 11.2 Å². The van der Waals surface area contributed by atoms with E-state index in [-0.39, 0.29) is 6.42 Å². The molecule has 0 aliphatic heterocycles. The van der Waals surface area contributed by atoms with Crippen molar-refractivity contribution in [1.82, 2.24) is 4.98 Å². The van der Waals surface area contributed by atoms with Gasteiger partial charge in [-0.1, -0.05) is 12.1 Å². The molecule has 2 N–H and O–H groups in total. The number of hydrogen-bond acceptors (Lipinski definition) is 7. The Morgan fingerprint density at radius 1 is 0.963 bits per heavy atom. The molecule has 2 aromatic carbocycles. The van der Waals surface area contributed by atoms with E-state index in [4.69, 9.17) is 24.7 Å². The van der Waals surface area contributed by atoms with Crippen LogP contribution >= 0.6 is 0 Å². The van der Waals surface area contributed by atoms with Gasteiger partial charge in [-0.2, -0.15) is 0 Å². The monoisotopic (exact) mass is 368 g/mol. The zero-order chi connectivity index (χ0) is 19.4. The zero-order valence-corrected chi connectivity index (χ0v) is 15.3. The second-order valence-electron chi connectivity index (χ2n) is 5.75. The van der Waals surface area contributed by atoms with Gasteiger partial charge in [0.25, 0.3) is 0 Å². The maximum absolute atomic E-state index is 12.5. The molecule has 7 nitrogen and oxygen atoms in total. The van der Waals surface area contributed by atoms with E-state index in [0.717, 1.165) is 5.39 Å². The van der Waals surface area contributed by atoms with E-state index >= 15 is 0 Å². The van der Waals surface area contributed by atoms with Crippen LogP contribution in [0.15, 0.2) is 42.5 Å². The Labute approximate surface area is 156 Å². The summed E-state index contributed by atoms with van der Waals surface area (Å²) in [6, 6.07) is 12.3. The Balaban J connectivity index is 1.86. The van der Waals surface area contributed by atoms with E-state index in [1.807, 2.05) is 12.1 Å². The Bertz CT molecular complexity index is 962. The first-order valence-corrected chi connectivity index (χ1v) is 8.20. The quantitative estimate of drug-likeness (QED) is 0.528. The van der Waals surface area contributed by atoms with Crippen LogP contribution < -0.4 is 24.7 Å². The first-order chi connectivity index (χ1) is 13.0. The van der Waals surface area contributed by atoms with Crippen LogP contribution in [0.4, 0.5) is 5.82 Å². The lowest BCUT2D eigenvalue weighted by atomic mass is 10.1. The predicted octanol–water partition coefficient (Wildman–Crippen LogP) is 2.99. The highest BCUT2D eigenvalue weighted by Gasteiger charge is 2.16. The molecule has 0 radical (unpaired) electrons. The molecule has 140 valence electrons. The number of pyridine rings is 1. The number of carbonyl (C=O) groups is 1. The van der Waals surface area contributed by atoms with Crippen molar-refractivity contribution in [3.05, 3.63) is 48.0 Å². The molecule has 3 rings (SSSR count). The number of benzene rings is 2. The van der Waals surface area contributed by atoms with E-state index in [0.29, 0.717) is 39.9 Å². The van der Waals surface area contributed by atoms with Crippen molar-refractivity contribution in [2.24, 2.45) is 0 Å². The number of rotatable bonds is 6. The van der Waals surface area contributed by atoms with Gasteiger partial charge in [0.15, 0.2) is 17.2 Å². The van der Waals surface area contributed by atoms with E-state index < -0.39 is 5.97 Å². The Morgan fingerprint density at radius 2 is 1.67 bits per heavy atom. The Hall–Kier alpha value is -3.48. The molecule has 0 spiro atoms. The van der Waals surface area contributed by atoms with Crippen LogP contribution in [0.25, 0.3) is 10.9 Å². The van der Waals surface area contributed by atoms with Gasteiger partial charge in [0.1, 0.15) is 11.3 Å². The molecule has 0 unspecified atom stereocenters. The fourth-order valence-electron chi connectivity index (χ4n) is 2.78. The third-order valence-electron chi connectivity index (χ3n) is 4.00. The summed E-state index contributed by atoms with van der Waals surface area (Å²) in [5.41, 5.74) is 6.95. The molecular weight excluding hydrogens is 348 g/mol. The molecule has 0 aliphatic rings. The normalized spacial score (nSPS) is 10.5. The molecule has 27 heavy (non-hydrogen) atoms. The number of carbonyl (C=O) groups excluding carboxylic acids is 1. The van der Waals surface area contributed by atoms with Gasteiger partial charge in [-0.15, -0.1) is 0 Å². The first-order valence-electron chi connectivity index (χ1n) is 8.20. The van der Waals surface area contributed by atoms with Crippen LogP contribution in [0.3, 0.4) is 0 Å². The van der Waals surface area contributed by atoms with Gasteiger partial charge in [-0.25, -0.2) is 4.98 Å². The minimum absolute atomic E-state index is 0.0232. The lowest BCUT2D eigenvalue weighted by Gasteiger charge is -2.14. The second-order valence-corrected chi connectivity index (χ2v) is 5.75. The molecule has 0 saturated heterocycles. The minimum atomic E-state index is -0.444. The molecule has 0 bridgehead atoms. The number of nitrogens with two attached hydrogens (primary N) is 1. The van der Waals surface area contributed by atoms with Crippen molar-refractivity contribution in [3.63, 3.8) is 0 Å². The highest BCUT2D eigenvalue weighted by molar-refractivity contribution is 5.88. The topological polar surface area (TPSA) is 92.9 Å². The van der Waals surface area contributed by atoms with Gasteiger partial charge >= 0.3 is 5.97 Å². The number of nitrogen functional groups attached to an aromatic ring is 1. The Kier molecular flexibility index (Phi) is 5.30. The van der Waals surface area contributed by atoms with Crippen molar-refractivity contribution in [1.29, 1.82) is 0 Å². The molecule has 1 heterocycles. The van der Waals surface area contributed by atoms with Crippen molar-refractivity contribution >= 4 is 22.7 Å². The highest BCUT2D eigenvalue weighted by Crippen LogP contribution is 2.38. The maximum atomic E-state index is 12.5. The lowest BCUT2D eigenvalue weighted by molar-refractivity contribution is -0.133. The van der Waals surface area contributed by atoms with Gasteiger partial charge < -0.3 is 24.7 Å². The van der Waals surface area contributed by atoms with Gasteiger partial charge in [0.05, 0.1) is 27.8 Å². The third kappa shape index (κ3) is 3.87. The number of methoxy groups -OCH3 is 3. The summed E-state index contributed by atoms with van der Waals surface area (Å²) in [6.45, 7) is 0. The molecule has 0 fully saturated rings. The summed E-state index contributed by atoms with van der Waals surface area (Å²) in [5, 5.41) is 0.835. The number of fused-ring (bicyclic) bond motifs is 1. The van der Waals surface area contributed by atoms with Gasteiger partial charge in [-0.05, 0) is 35.9 Å². The third-order valence-corrected chi connectivity index (χ3v) is 4.00. The van der Waals surface area contributed by atoms with Gasteiger partial charge in [0, 0.05) is 5.39 Å². The maximum Gasteiger partial charge on any atom is 0.315 e. The van der Waals surface area contributed by atoms with Crippen molar-refractivity contribution in [2.45, 2.75) is 6.42 Å². The van der Waals surface area contributed by atoms with Gasteiger partial charge in [0.2, 0.25) is 5.75 Å². The number of nitrogens with zero attached hydrogens (tertiary/aromatic N) is 1. The fraction of sp³-hybridized carbons (Fsp3) is 0.200. The summed E-state index contributed by atoms with van der Waals surface area (Å²) in [6.07, 6.45) is 0.0232. The molecule has 1 aromatic heterocycles. The number of aromatic nitrogens is 1. The molecule has 0 amide bonds. The average Bonchev–Trinajstić information content (AvgIpc) is 2.67. The predicted molar refractivity (Wildman–Crippen MR) is 102 cm³/mol. The lowest BCUT2D eigenvalue weighted by Crippen LogP contribution is -2.12. The van der Waals surface area contributed by atoms with Crippen LogP contribution in [0.5, 0.6) is 23.0 Å². The Morgan fingerprint density at radius 3 is 2.30 bits per heavy atom. The summed E-state index contributed by atoms with van der Waals surface area (Å²) in [7, 11) is 4.56. The molecule has 0 aliphatic carbocycles. The standard InChI is InChI=1S/C20H20N2O5/c1-24-15-9-12(10-16(25-2)20(15)26-3)11-18(23)27-14-6-4-5-13-7-8-17(21)22-19(13)14/h4-10H,11H2,1-3H3,(H2,21,22). The highest BCUT2D eigenvalue weighted by atomic mass is 16.5. The smallest absolute Gasteiger partial charge is 0.315 e. The van der Waals surface area contributed by atoms with Crippen LogP contribution in [0.1, 0.15) is 5.56 Å². The SMILES string of the molecule is COc1cc(CC(=O)Oc2cccc3ccc(N)nc23)cc(OC)c1OC. The summed E-state index contributed by atoms with van der Waals surface area (Å²) in [4.78, 5) is 16.7. The van der Waals surface area contributed by atoms with Crippen molar-refractivity contribution in [2.75, 3.05) is 27.1 Å². The number of anilines is 1. The summed E-state index contributed by atoms with van der Waals surface area (Å²) in [5.74, 6) is 1.68. The summed E-state index contributed by atoms with van der Waals surface area (Å²) < 4.78 is 21.4. The number of hydrogen-bond donors (Lipinski definition) is 1. The largest absolute Gasteiger partial charge is 0.493 e. The van der Waals surface area contributed by atoms with Gasteiger partial charge in [-0.3, -0.25) is 4.79 Å². The molecule has 7 heteroatoms. The average molecular weight is 368 g/mol. The van der Waals surface area contributed by atoms with Crippen LogP contribution in [0.2, 0.25) is 0 Å². The van der Waals surface area contributed by atoms with Crippen LogP contribution in [0, 0.1) is 0 Å². The molecule has 0 saturated carbocycles. The number of para-hydroxylation sites is 1. The molecule has 0 atom stereocenters. The first kappa shape index (κ1) is 18.3. The number of ether oxygens (including phenoxy) is 4. The van der Waals surface area contributed by atoms with E-state index in [2.05, 4.69) is 4.98 Å². The second kappa shape index (κ2) is 7.82. The molecule has 3 aromatic rings. The zero-order valence-electron chi connectivity index (χ0n) is 15.3.